The lowest BCUT2D eigenvalue weighted by Crippen LogP contribution is -2.15. The van der Waals surface area contributed by atoms with Gasteiger partial charge in [-0.15, -0.1) is 0 Å². The second-order valence-corrected chi connectivity index (χ2v) is 9.07. The maximum Gasteiger partial charge on any atom is 0.509 e. The number of rotatable bonds is 24. The number of alkyl halides is 1. The lowest BCUT2D eigenvalue weighted by molar-refractivity contribution is -0.138. The van der Waals surface area contributed by atoms with E-state index in [9.17, 15) is 14.4 Å². The Morgan fingerprint density at radius 2 is 0.939 bits per heavy atom. The van der Waals surface area contributed by atoms with Gasteiger partial charge in [-0.1, -0.05) is 95.1 Å². The van der Waals surface area contributed by atoms with Crippen molar-refractivity contribution in [2.24, 2.45) is 5.92 Å². The average molecular weight is 493 g/mol. The van der Waals surface area contributed by atoms with E-state index in [-0.39, 0.29) is 18.9 Å². The zero-order valence-electron chi connectivity index (χ0n) is 20.2. The first-order valence-electron chi connectivity index (χ1n) is 12.7. The van der Waals surface area contributed by atoms with Gasteiger partial charge in [0.2, 0.25) is 0 Å². The third-order valence-electron chi connectivity index (χ3n) is 5.87. The second kappa shape index (κ2) is 23.7. The molecule has 0 aliphatic rings. The van der Waals surface area contributed by atoms with Crippen molar-refractivity contribution in [2.75, 3.05) is 12.7 Å². The topological polar surface area (TPSA) is 110 Å². The van der Waals surface area contributed by atoms with E-state index in [1.54, 1.807) is 0 Å². The van der Waals surface area contributed by atoms with Crippen molar-refractivity contribution in [1.82, 2.24) is 0 Å². The molecule has 0 heterocycles. The Morgan fingerprint density at radius 3 is 1.30 bits per heavy atom. The second-order valence-electron chi connectivity index (χ2n) is 8.85. The van der Waals surface area contributed by atoms with Crippen LogP contribution in [0.3, 0.4) is 0 Å². The van der Waals surface area contributed by atoms with Crippen LogP contribution in [0.15, 0.2) is 0 Å². The number of carbonyl (C=O) groups is 3. The molecule has 0 aromatic carbocycles. The van der Waals surface area contributed by atoms with Gasteiger partial charge in [0, 0.05) is 12.8 Å². The fourth-order valence-electron chi connectivity index (χ4n) is 3.95. The number of hydrogen-bond acceptors (Lipinski definition) is 5. The largest absolute Gasteiger partial charge is 0.509 e. The van der Waals surface area contributed by atoms with Crippen LogP contribution < -0.4 is 0 Å². The van der Waals surface area contributed by atoms with E-state index in [2.05, 4.69) is 4.74 Å². The van der Waals surface area contributed by atoms with Gasteiger partial charge in [0.05, 0.1) is 6.61 Å². The van der Waals surface area contributed by atoms with Crippen molar-refractivity contribution >= 4 is 29.7 Å². The van der Waals surface area contributed by atoms with Gasteiger partial charge >= 0.3 is 18.1 Å². The number of unbranched alkanes of at least 4 members (excludes halogenated alkanes) is 13. The summed E-state index contributed by atoms with van der Waals surface area (Å²) in [6.45, 7) is 0.370. The van der Waals surface area contributed by atoms with Crippen LogP contribution in [0.1, 0.15) is 122 Å². The van der Waals surface area contributed by atoms with E-state index < -0.39 is 18.1 Å². The summed E-state index contributed by atoms with van der Waals surface area (Å²) < 4.78 is 9.84. The maximum atomic E-state index is 11.5. The van der Waals surface area contributed by atoms with Crippen LogP contribution in [-0.2, 0) is 19.1 Å². The Kier molecular flexibility index (Phi) is 22.6. The first kappa shape index (κ1) is 31.5. The van der Waals surface area contributed by atoms with Crippen molar-refractivity contribution in [2.45, 2.75) is 122 Å². The number of carboxylic acid groups (broad SMARTS) is 2. The third-order valence-corrected chi connectivity index (χ3v) is 5.97. The van der Waals surface area contributed by atoms with Crippen molar-refractivity contribution in [3.05, 3.63) is 0 Å². The van der Waals surface area contributed by atoms with Gasteiger partial charge in [-0.3, -0.25) is 9.59 Å². The summed E-state index contributed by atoms with van der Waals surface area (Å²) in [5, 5.41) is 17.3. The number of carboxylic acids is 2. The molecule has 0 unspecified atom stereocenters. The Hall–Kier alpha value is -1.50. The van der Waals surface area contributed by atoms with E-state index in [0.29, 0.717) is 12.5 Å². The van der Waals surface area contributed by atoms with E-state index >= 15 is 0 Å². The quantitative estimate of drug-likeness (QED) is 0.0813. The fraction of sp³-hybridized carbons (Fsp3) is 0.880. The lowest BCUT2D eigenvalue weighted by Gasteiger charge is -2.17. The first-order chi connectivity index (χ1) is 16.0. The highest BCUT2D eigenvalue weighted by atomic mass is 35.5. The van der Waals surface area contributed by atoms with Crippen molar-refractivity contribution < 1.29 is 34.1 Å². The molecule has 33 heavy (non-hydrogen) atoms. The molecular weight excluding hydrogens is 448 g/mol. The minimum absolute atomic E-state index is 0.202. The van der Waals surface area contributed by atoms with Gasteiger partial charge < -0.3 is 19.7 Å². The van der Waals surface area contributed by atoms with E-state index in [1.807, 2.05) is 0 Å². The molecule has 7 nitrogen and oxygen atoms in total. The van der Waals surface area contributed by atoms with Crippen molar-refractivity contribution in [1.29, 1.82) is 0 Å². The Bertz CT molecular complexity index is 499. The molecule has 0 aliphatic heterocycles. The van der Waals surface area contributed by atoms with Crippen LogP contribution in [0.2, 0.25) is 0 Å². The highest BCUT2D eigenvalue weighted by molar-refractivity contribution is 6.17. The zero-order chi connectivity index (χ0) is 24.6. The third kappa shape index (κ3) is 25.0. The van der Waals surface area contributed by atoms with Gasteiger partial charge in [-0.05, 0) is 31.6 Å². The average Bonchev–Trinajstić information content (AvgIpc) is 2.76. The monoisotopic (exact) mass is 492 g/mol. The molecule has 1 atom stereocenters. The molecule has 0 aromatic heterocycles. The zero-order valence-corrected chi connectivity index (χ0v) is 21.0. The minimum Gasteiger partial charge on any atom is -0.481 e. The molecule has 0 amide bonds. The van der Waals surface area contributed by atoms with Gasteiger partial charge in [-0.2, -0.15) is 0 Å². The van der Waals surface area contributed by atoms with Crippen LogP contribution in [0, 0.1) is 5.92 Å². The molecule has 0 saturated carbocycles. The van der Waals surface area contributed by atoms with E-state index in [0.717, 1.165) is 96.3 Å². The molecule has 8 heteroatoms. The Balaban J connectivity index is 3.87. The Morgan fingerprint density at radius 1 is 0.576 bits per heavy atom. The standard InChI is InChI=1S/C25H45ClO7/c26-21-33-25(31)32-20-22(17-13-9-5-3-7-11-15-19-24(29)30)16-12-8-4-1-2-6-10-14-18-23(27)28/h22H,1-21H2,(H,27,28)(H,29,30)/t22-/m1/s1. The molecule has 194 valence electrons. The van der Waals surface area contributed by atoms with Crippen LogP contribution in [0.4, 0.5) is 4.79 Å². The summed E-state index contributed by atoms with van der Waals surface area (Å²) in [7, 11) is 0. The van der Waals surface area contributed by atoms with Crippen LogP contribution in [0.25, 0.3) is 0 Å². The summed E-state index contributed by atoms with van der Waals surface area (Å²) in [5.41, 5.74) is 0. The van der Waals surface area contributed by atoms with Gasteiger partial charge in [0.25, 0.3) is 0 Å². The van der Waals surface area contributed by atoms with E-state index in [4.69, 9.17) is 26.6 Å². The number of halogens is 1. The normalized spacial score (nSPS) is 11.8. The molecule has 0 spiro atoms. The van der Waals surface area contributed by atoms with Gasteiger partial charge in [-0.25, -0.2) is 4.79 Å². The number of ether oxygens (including phenoxy) is 2. The smallest absolute Gasteiger partial charge is 0.481 e. The number of carbonyl (C=O) groups excluding carboxylic acids is 1. The first-order valence-corrected chi connectivity index (χ1v) is 13.3. The fourth-order valence-corrected chi connectivity index (χ4v) is 4.04. The summed E-state index contributed by atoms with van der Waals surface area (Å²) >= 11 is 5.40. The molecule has 0 radical (unpaired) electrons. The van der Waals surface area contributed by atoms with E-state index in [1.165, 1.54) is 12.8 Å². The molecule has 0 fully saturated rings. The Labute approximate surface area is 204 Å². The molecule has 0 aliphatic carbocycles. The summed E-state index contributed by atoms with van der Waals surface area (Å²) in [5.74, 6) is -1.09. The van der Waals surface area contributed by atoms with Crippen LogP contribution in [-0.4, -0.2) is 41.0 Å². The highest BCUT2D eigenvalue weighted by Gasteiger charge is 2.13. The molecule has 0 saturated heterocycles. The van der Waals surface area contributed by atoms with Gasteiger partial charge in [0.15, 0.2) is 6.07 Å². The number of aliphatic carboxylic acids is 2. The molecule has 2 N–H and O–H groups in total. The summed E-state index contributed by atoms with van der Waals surface area (Å²) in [6.07, 6.45) is 17.9. The predicted molar refractivity (Wildman–Crippen MR) is 130 cm³/mol. The lowest BCUT2D eigenvalue weighted by atomic mass is 9.94. The number of hydrogen-bond donors (Lipinski definition) is 2. The minimum atomic E-state index is -0.717. The highest BCUT2D eigenvalue weighted by Crippen LogP contribution is 2.20. The SMILES string of the molecule is O=C(O)CCCCCCCCCC[C@H](CCCCCCCCCC(=O)O)COC(=O)OCCl. The van der Waals surface area contributed by atoms with Gasteiger partial charge in [0.1, 0.15) is 0 Å². The molecule has 0 bridgehead atoms. The maximum absolute atomic E-state index is 11.5. The van der Waals surface area contributed by atoms with Crippen LogP contribution >= 0.6 is 11.6 Å². The van der Waals surface area contributed by atoms with Crippen LogP contribution in [0.5, 0.6) is 0 Å². The van der Waals surface area contributed by atoms with Crippen molar-refractivity contribution in [3.63, 3.8) is 0 Å². The molecular formula is C25H45ClO7. The van der Waals surface area contributed by atoms with Crippen molar-refractivity contribution in [3.8, 4) is 0 Å². The summed E-state index contributed by atoms with van der Waals surface area (Å²) in [6, 6.07) is -0.202. The summed E-state index contributed by atoms with van der Waals surface area (Å²) in [4.78, 5) is 32.4. The predicted octanol–water partition coefficient (Wildman–Crippen LogP) is 7.53. The molecule has 0 rings (SSSR count). The molecule has 0 aromatic rings.